The van der Waals surface area contributed by atoms with Gasteiger partial charge < -0.3 is 9.84 Å². The number of pyridine rings is 1. The van der Waals surface area contributed by atoms with Crippen LogP contribution in [0.3, 0.4) is 0 Å². The summed E-state index contributed by atoms with van der Waals surface area (Å²) < 4.78 is 5.72. The Morgan fingerprint density at radius 2 is 2.15 bits per heavy atom. The zero-order chi connectivity index (χ0) is 14.5. The molecule has 0 aliphatic carbocycles. The summed E-state index contributed by atoms with van der Waals surface area (Å²) in [5, 5.41) is 18.6. The summed E-state index contributed by atoms with van der Waals surface area (Å²) in [7, 11) is 0. The number of rotatable bonds is 4. The first kappa shape index (κ1) is 14.0. The Morgan fingerprint density at radius 3 is 2.75 bits per heavy atom. The number of nitrogens with zero attached hydrogens (tertiary/aromatic N) is 2. The molecule has 0 radical (unpaired) electrons. The first-order chi connectivity index (χ1) is 9.63. The van der Waals surface area contributed by atoms with Crippen LogP contribution in [0.25, 0.3) is 0 Å². The van der Waals surface area contributed by atoms with Crippen LogP contribution < -0.4 is 4.74 Å². The molecule has 4 heteroatoms. The van der Waals surface area contributed by atoms with Gasteiger partial charge in [-0.1, -0.05) is 13.0 Å². The molecule has 0 saturated heterocycles. The summed E-state index contributed by atoms with van der Waals surface area (Å²) in [6.45, 7) is 3.81. The van der Waals surface area contributed by atoms with Crippen molar-refractivity contribution >= 4 is 0 Å². The molecule has 1 aromatic heterocycles. The first-order valence-electron chi connectivity index (χ1n) is 6.46. The molecular formula is C16H16N2O2. The zero-order valence-electron chi connectivity index (χ0n) is 11.5. The number of aromatic nitrogens is 1. The lowest BCUT2D eigenvalue weighted by Crippen LogP contribution is -1.98. The lowest BCUT2D eigenvalue weighted by Gasteiger charge is -2.10. The van der Waals surface area contributed by atoms with Crippen molar-refractivity contribution in [3.05, 3.63) is 53.3 Å². The summed E-state index contributed by atoms with van der Waals surface area (Å²) >= 11 is 0. The number of aryl methyl sites for hydroxylation is 1. The highest BCUT2D eigenvalue weighted by Crippen LogP contribution is 2.26. The van der Waals surface area contributed by atoms with Gasteiger partial charge in [-0.05, 0) is 43.2 Å². The fourth-order valence-electron chi connectivity index (χ4n) is 1.76. The molecule has 0 aliphatic rings. The number of hydrogen-bond donors (Lipinski definition) is 1. The summed E-state index contributed by atoms with van der Waals surface area (Å²) in [6, 6.07) is 10.9. The van der Waals surface area contributed by atoms with Gasteiger partial charge in [0.1, 0.15) is 11.5 Å². The van der Waals surface area contributed by atoms with E-state index >= 15 is 0 Å². The van der Waals surface area contributed by atoms with Crippen molar-refractivity contribution in [1.29, 1.82) is 5.26 Å². The summed E-state index contributed by atoms with van der Waals surface area (Å²) in [5.74, 6) is 1.21. The second-order valence-corrected chi connectivity index (χ2v) is 4.54. The van der Waals surface area contributed by atoms with Crippen molar-refractivity contribution < 1.29 is 9.84 Å². The van der Waals surface area contributed by atoms with Crippen LogP contribution in [0.2, 0.25) is 0 Å². The molecule has 1 aromatic carbocycles. The molecule has 2 aromatic rings. The molecule has 0 fully saturated rings. The van der Waals surface area contributed by atoms with Gasteiger partial charge in [0.2, 0.25) is 0 Å². The van der Waals surface area contributed by atoms with E-state index < -0.39 is 6.10 Å². The van der Waals surface area contributed by atoms with Gasteiger partial charge in [0.15, 0.2) is 0 Å². The monoisotopic (exact) mass is 268 g/mol. The summed E-state index contributed by atoms with van der Waals surface area (Å²) in [4.78, 5) is 4.18. The summed E-state index contributed by atoms with van der Waals surface area (Å²) in [6.07, 6.45) is 1.65. The fraction of sp³-hybridized carbons (Fsp3) is 0.250. The van der Waals surface area contributed by atoms with E-state index in [9.17, 15) is 5.11 Å². The Balaban J connectivity index is 2.20. The maximum Gasteiger partial charge on any atom is 0.145 e. The van der Waals surface area contributed by atoms with Crippen molar-refractivity contribution in [1.82, 2.24) is 4.98 Å². The van der Waals surface area contributed by atoms with E-state index in [1.54, 1.807) is 30.5 Å². The van der Waals surface area contributed by atoms with Gasteiger partial charge >= 0.3 is 0 Å². The maximum atomic E-state index is 9.68. The third-order valence-corrected chi connectivity index (χ3v) is 3.03. The maximum absolute atomic E-state index is 9.68. The van der Waals surface area contributed by atoms with Crippen molar-refractivity contribution in [2.24, 2.45) is 0 Å². The Labute approximate surface area is 118 Å². The molecule has 1 N–H and O–H groups in total. The van der Waals surface area contributed by atoms with Gasteiger partial charge in [-0.2, -0.15) is 5.26 Å². The van der Waals surface area contributed by atoms with Crippen LogP contribution in [-0.4, -0.2) is 10.1 Å². The van der Waals surface area contributed by atoms with Crippen LogP contribution in [-0.2, 0) is 0 Å². The number of benzene rings is 1. The van der Waals surface area contributed by atoms with Crippen LogP contribution in [0.5, 0.6) is 11.5 Å². The van der Waals surface area contributed by atoms with Crippen LogP contribution in [0, 0.1) is 18.3 Å². The number of ether oxygens (including phenoxy) is 1. The van der Waals surface area contributed by atoms with E-state index in [2.05, 4.69) is 11.1 Å². The van der Waals surface area contributed by atoms with Gasteiger partial charge in [-0.25, -0.2) is 0 Å². The topological polar surface area (TPSA) is 66.1 Å². The number of nitriles is 1. The molecule has 0 bridgehead atoms. The molecule has 0 aliphatic heterocycles. The second kappa shape index (κ2) is 6.18. The van der Waals surface area contributed by atoms with Crippen LogP contribution in [0.4, 0.5) is 0 Å². The summed E-state index contributed by atoms with van der Waals surface area (Å²) in [5.41, 5.74) is 2.13. The highest BCUT2D eigenvalue weighted by Gasteiger charge is 2.07. The van der Waals surface area contributed by atoms with E-state index in [1.807, 2.05) is 19.9 Å². The molecule has 1 unspecified atom stereocenters. The van der Waals surface area contributed by atoms with Crippen molar-refractivity contribution in [2.75, 3.05) is 0 Å². The minimum atomic E-state index is -0.548. The molecule has 1 heterocycles. The predicted octanol–water partition coefficient (Wildman–Crippen LogP) is 3.50. The van der Waals surface area contributed by atoms with Gasteiger partial charge in [-0.3, -0.25) is 4.98 Å². The SMILES string of the molecule is CCC(O)c1ccc(Oc2cc(C#N)ccc2C)cn1. The van der Waals surface area contributed by atoms with Gasteiger partial charge in [-0.15, -0.1) is 0 Å². The third kappa shape index (κ3) is 3.14. The predicted molar refractivity (Wildman–Crippen MR) is 75.5 cm³/mol. The number of aliphatic hydroxyl groups is 1. The lowest BCUT2D eigenvalue weighted by atomic mass is 10.1. The van der Waals surface area contributed by atoms with Crippen molar-refractivity contribution in [2.45, 2.75) is 26.4 Å². The quantitative estimate of drug-likeness (QED) is 0.921. The minimum absolute atomic E-state index is 0.548. The molecular weight excluding hydrogens is 252 g/mol. The zero-order valence-corrected chi connectivity index (χ0v) is 11.5. The smallest absolute Gasteiger partial charge is 0.145 e. The molecule has 0 amide bonds. The van der Waals surface area contributed by atoms with Crippen LogP contribution in [0.1, 0.15) is 36.3 Å². The Kier molecular flexibility index (Phi) is 4.34. The first-order valence-corrected chi connectivity index (χ1v) is 6.46. The van der Waals surface area contributed by atoms with Crippen molar-refractivity contribution in [3.63, 3.8) is 0 Å². The van der Waals surface area contributed by atoms with Crippen LogP contribution >= 0.6 is 0 Å². The Hall–Kier alpha value is -2.38. The largest absolute Gasteiger partial charge is 0.455 e. The third-order valence-electron chi connectivity index (χ3n) is 3.03. The van der Waals surface area contributed by atoms with Gasteiger partial charge in [0.25, 0.3) is 0 Å². The number of aliphatic hydroxyl groups excluding tert-OH is 1. The van der Waals surface area contributed by atoms with Crippen LogP contribution in [0.15, 0.2) is 36.5 Å². The molecule has 102 valence electrons. The molecule has 4 nitrogen and oxygen atoms in total. The molecule has 0 saturated carbocycles. The minimum Gasteiger partial charge on any atom is -0.455 e. The lowest BCUT2D eigenvalue weighted by molar-refractivity contribution is 0.169. The second-order valence-electron chi connectivity index (χ2n) is 4.54. The molecule has 20 heavy (non-hydrogen) atoms. The molecule has 0 spiro atoms. The molecule has 2 rings (SSSR count). The van der Waals surface area contributed by atoms with Crippen molar-refractivity contribution in [3.8, 4) is 17.6 Å². The average molecular weight is 268 g/mol. The Morgan fingerprint density at radius 1 is 1.35 bits per heavy atom. The highest BCUT2D eigenvalue weighted by atomic mass is 16.5. The van der Waals surface area contributed by atoms with E-state index in [0.717, 1.165) is 5.56 Å². The highest BCUT2D eigenvalue weighted by molar-refractivity contribution is 5.43. The average Bonchev–Trinajstić information content (AvgIpc) is 2.49. The molecule has 1 atom stereocenters. The normalized spacial score (nSPS) is 11.7. The van der Waals surface area contributed by atoms with Gasteiger partial charge in [0.05, 0.1) is 29.6 Å². The fourth-order valence-corrected chi connectivity index (χ4v) is 1.76. The standard InChI is InChI=1S/C16H16N2O2/c1-3-15(19)14-7-6-13(10-18-14)20-16-8-12(9-17)5-4-11(16)2/h4-8,10,15,19H,3H2,1-2H3. The van der Waals surface area contributed by atoms with E-state index in [4.69, 9.17) is 10.00 Å². The van der Waals surface area contributed by atoms with E-state index in [0.29, 0.717) is 29.2 Å². The van der Waals surface area contributed by atoms with E-state index in [-0.39, 0.29) is 0 Å². The van der Waals surface area contributed by atoms with Gasteiger partial charge in [0, 0.05) is 0 Å². The number of hydrogen-bond acceptors (Lipinski definition) is 4. The van der Waals surface area contributed by atoms with E-state index in [1.165, 1.54) is 0 Å². The Bertz CT molecular complexity index is 630.